The van der Waals surface area contributed by atoms with Crippen LogP contribution in [0.15, 0.2) is 29.8 Å². The predicted molar refractivity (Wildman–Crippen MR) is 181 cm³/mol. The summed E-state index contributed by atoms with van der Waals surface area (Å²) in [7, 11) is 0. The van der Waals surface area contributed by atoms with Crippen LogP contribution in [0, 0.1) is 24.2 Å². The largest absolute Gasteiger partial charge is 0.391 e. The van der Waals surface area contributed by atoms with Crippen LogP contribution in [0.5, 0.6) is 0 Å². The number of benzene rings is 1. The lowest BCUT2D eigenvalue weighted by Gasteiger charge is -2.38. The molecule has 0 aliphatic carbocycles. The second kappa shape index (κ2) is 17.0. The molecule has 1 fully saturated rings. The second-order valence-electron chi connectivity index (χ2n) is 13.8. The van der Waals surface area contributed by atoms with Crippen LogP contribution in [0.2, 0.25) is 0 Å². The highest BCUT2D eigenvalue weighted by molar-refractivity contribution is 7.13. The van der Waals surface area contributed by atoms with Gasteiger partial charge in [0.2, 0.25) is 23.6 Å². The Hall–Kier alpha value is -3.31. The Balaban J connectivity index is 1.64. The molecule has 1 aliphatic rings. The smallest absolute Gasteiger partial charge is 0.243 e. The molecule has 0 spiro atoms. The highest BCUT2D eigenvalue weighted by Gasteiger charge is 2.47. The van der Waals surface area contributed by atoms with Gasteiger partial charge in [0.1, 0.15) is 6.04 Å². The number of aryl methyl sites for hydroxylation is 1. The summed E-state index contributed by atoms with van der Waals surface area (Å²) in [6, 6.07) is 6.80. The van der Waals surface area contributed by atoms with Crippen molar-refractivity contribution in [1.82, 2.24) is 15.2 Å². The summed E-state index contributed by atoms with van der Waals surface area (Å²) in [6.45, 7) is 9.64. The van der Waals surface area contributed by atoms with E-state index < -0.39 is 35.3 Å². The molecule has 4 amide bonds. The van der Waals surface area contributed by atoms with Crippen LogP contribution in [0.3, 0.4) is 0 Å². The molecule has 10 nitrogen and oxygen atoms in total. The minimum absolute atomic E-state index is 0.0298. The first-order chi connectivity index (χ1) is 21.7. The third-order valence-corrected chi connectivity index (χ3v) is 10.0. The first-order valence-electron chi connectivity index (χ1n) is 16.6. The molecule has 3 rings (SSSR count). The Kier molecular flexibility index (Phi) is 13.7. The van der Waals surface area contributed by atoms with Gasteiger partial charge in [0.25, 0.3) is 0 Å². The number of hydrogen-bond acceptors (Lipinski definition) is 7. The average Bonchev–Trinajstić information content (AvgIpc) is 3.59. The number of carbonyl (C=O) groups excluding carboxylic acids is 4. The Labute approximate surface area is 277 Å². The van der Waals surface area contributed by atoms with Crippen LogP contribution >= 0.6 is 11.3 Å². The van der Waals surface area contributed by atoms with Crippen molar-refractivity contribution in [2.45, 2.75) is 117 Å². The predicted octanol–water partition coefficient (Wildman–Crippen LogP) is 5.02. The lowest BCUT2D eigenvalue weighted by Crippen LogP contribution is -2.53. The number of nitrogens with two attached hydrogens (primary N) is 2. The van der Waals surface area contributed by atoms with Crippen LogP contribution in [-0.4, -0.2) is 57.3 Å². The number of nitrogens with zero attached hydrogens (tertiary/aromatic N) is 2. The fourth-order valence-corrected chi connectivity index (χ4v) is 7.36. The van der Waals surface area contributed by atoms with E-state index in [1.54, 1.807) is 11.3 Å². The molecule has 6 N–H and O–H groups in total. The summed E-state index contributed by atoms with van der Waals surface area (Å²) in [5.74, 6) is -2.87. The van der Waals surface area contributed by atoms with Crippen molar-refractivity contribution in [3.8, 4) is 10.4 Å². The van der Waals surface area contributed by atoms with Crippen molar-refractivity contribution in [3.63, 3.8) is 0 Å². The molecule has 1 aliphatic heterocycles. The molecule has 1 saturated heterocycles. The van der Waals surface area contributed by atoms with E-state index in [-0.39, 0.29) is 36.7 Å². The minimum atomic E-state index is -0.850. The number of primary amides is 2. The molecule has 1 unspecified atom stereocenters. The topological polar surface area (TPSA) is 169 Å². The van der Waals surface area contributed by atoms with E-state index in [1.165, 1.54) is 4.90 Å². The SMILES string of the molecule is Cc1ncsc1-c1ccc([C@H](C)NC(=O)[C@@H]2C[C@@H](O)CN2C(=O)[C@@H](C(CCCCCCCCCC(N)=O)C(N)=O)C(C)(C)C)cc1. The molecule has 2 aromatic rings. The summed E-state index contributed by atoms with van der Waals surface area (Å²) in [5.41, 5.74) is 15.3. The number of nitrogens with one attached hydrogen (secondary N) is 1. The number of rotatable bonds is 17. The maximum atomic E-state index is 14.2. The lowest BCUT2D eigenvalue weighted by molar-refractivity contribution is -0.149. The highest BCUT2D eigenvalue weighted by Crippen LogP contribution is 2.38. The first kappa shape index (κ1) is 37.2. The zero-order valence-electron chi connectivity index (χ0n) is 28.1. The number of hydrogen-bond donors (Lipinski definition) is 4. The van der Waals surface area contributed by atoms with Gasteiger partial charge in [0, 0.05) is 25.3 Å². The molecule has 46 heavy (non-hydrogen) atoms. The van der Waals surface area contributed by atoms with E-state index in [1.807, 2.05) is 64.4 Å². The maximum absolute atomic E-state index is 14.2. The van der Waals surface area contributed by atoms with Crippen LogP contribution in [0.25, 0.3) is 10.4 Å². The van der Waals surface area contributed by atoms with Gasteiger partial charge in [-0.3, -0.25) is 19.2 Å². The summed E-state index contributed by atoms with van der Waals surface area (Å²) in [6.07, 6.45) is 6.64. The molecule has 0 bridgehead atoms. The van der Waals surface area contributed by atoms with Gasteiger partial charge in [-0.05, 0) is 43.2 Å². The van der Waals surface area contributed by atoms with Crippen LogP contribution < -0.4 is 16.8 Å². The van der Waals surface area contributed by atoms with Crippen LogP contribution in [-0.2, 0) is 19.2 Å². The number of aromatic nitrogens is 1. The normalized spacial score (nSPS) is 18.6. The number of likely N-dealkylation sites (tertiary alicyclic amines) is 1. The number of β-amino-alcohol motifs (C(OH)–C–C–N with tert-alkyl or cyclic N) is 1. The standard InChI is InChI=1S/C35H53N5O5S/c1-22(24-15-17-25(18-16-24)31-23(2)38-21-46-31)39-33(44)28-19-26(41)20-40(28)34(45)30(35(3,4)5)27(32(37)43)13-11-9-7-6-8-10-12-14-29(36)42/h15-18,21-22,26-28,30,41H,6-14,19-20H2,1-5H3,(H2,36,42)(H2,37,43)(H,39,44)/t22-,26+,27?,28-,30+/m0/s1. The zero-order chi connectivity index (χ0) is 34.0. The quantitative estimate of drug-likeness (QED) is 0.175. The van der Waals surface area contributed by atoms with Crippen LogP contribution in [0.1, 0.15) is 109 Å². The monoisotopic (exact) mass is 655 g/mol. The summed E-state index contributed by atoms with van der Waals surface area (Å²) >= 11 is 1.58. The van der Waals surface area contributed by atoms with Gasteiger partial charge in [-0.2, -0.15) is 0 Å². The van der Waals surface area contributed by atoms with E-state index >= 15 is 0 Å². The molecule has 0 saturated carbocycles. The molecule has 2 heterocycles. The van der Waals surface area contributed by atoms with Gasteiger partial charge in [-0.25, -0.2) is 4.98 Å². The summed E-state index contributed by atoms with van der Waals surface area (Å²) in [5, 5.41) is 13.6. The van der Waals surface area contributed by atoms with Gasteiger partial charge in [-0.1, -0.05) is 83.6 Å². The molecule has 1 aromatic carbocycles. The molecule has 5 atom stereocenters. The Morgan fingerprint density at radius 3 is 2.17 bits per heavy atom. The Bertz CT molecular complexity index is 1320. The molecule has 0 radical (unpaired) electrons. The molecular formula is C35H53N5O5S. The zero-order valence-corrected chi connectivity index (χ0v) is 28.9. The number of unbranched alkanes of at least 4 members (excludes halogenated alkanes) is 6. The number of aliphatic hydroxyl groups is 1. The van der Waals surface area contributed by atoms with E-state index in [0.717, 1.165) is 66.6 Å². The molecule has 1 aromatic heterocycles. The van der Waals surface area contributed by atoms with E-state index in [0.29, 0.717) is 12.8 Å². The van der Waals surface area contributed by atoms with Crippen molar-refractivity contribution >= 4 is 35.0 Å². The van der Waals surface area contributed by atoms with Crippen molar-refractivity contribution in [3.05, 3.63) is 41.0 Å². The highest BCUT2D eigenvalue weighted by atomic mass is 32.1. The lowest BCUT2D eigenvalue weighted by atomic mass is 9.70. The molecular weight excluding hydrogens is 602 g/mol. The van der Waals surface area contributed by atoms with Gasteiger partial charge in [0.15, 0.2) is 0 Å². The summed E-state index contributed by atoms with van der Waals surface area (Å²) in [4.78, 5) is 58.4. The minimum Gasteiger partial charge on any atom is -0.391 e. The third-order valence-electron chi connectivity index (χ3n) is 9.05. The van der Waals surface area contributed by atoms with Gasteiger partial charge < -0.3 is 26.8 Å². The Morgan fingerprint density at radius 2 is 1.63 bits per heavy atom. The maximum Gasteiger partial charge on any atom is 0.243 e. The average molecular weight is 656 g/mol. The number of aliphatic hydroxyl groups excluding tert-OH is 1. The van der Waals surface area contributed by atoms with Gasteiger partial charge >= 0.3 is 0 Å². The molecule has 11 heteroatoms. The fourth-order valence-electron chi connectivity index (χ4n) is 6.55. The van der Waals surface area contributed by atoms with E-state index in [2.05, 4.69) is 10.3 Å². The van der Waals surface area contributed by atoms with Crippen LogP contribution in [0.4, 0.5) is 0 Å². The van der Waals surface area contributed by atoms with Crippen molar-refractivity contribution in [2.75, 3.05) is 6.54 Å². The Morgan fingerprint density at radius 1 is 1.02 bits per heavy atom. The third kappa shape index (κ3) is 10.4. The second-order valence-corrected chi connectivity index (χ2v) is 14.7. The van der Waals surface area contributed by atoms with Crippen molar-refractivity contribution in [2.24, 2.45) is 28.7 Å². The van der Waals surface area contributed by atoms with E-state index in [9.17, 15) is 24.3 Å². The van der Waals surface area contributed by atoms with Crippen molar-refractivity contribution in [1.29, 1.82) is 0 Å². The summed E-state index contributed by atoms with van der Waals surface area (Å²) < 4.78 is 0. The fraction of sp³-hybridized carbons (Fsp3) is 0.629. The van der Waals surface area contributed by atoms with Crippen molar-refractivity contribution < 1.29 is 24.3 Å². The number of carbonyl (C=O) groups is 4. The van der Waals surface area contributed by atoms with Gasteiger partial charge in [-0.15, -0.1) is 11.3 Å². The van der Waals surface area contributed by atoms with Gasteiger partial charge in [0.05, 0.1) is 34.1 Å². The number of amides is 4. The van der Waals surface area contributed by atoms with E-state index in [4.69, 9.17) is 11.5 Å². The first-order valence-corrected chi connectivity index (χ1v) is 17.5. The molecule has 254 valence electrons. The number of thiazole rings is 1.